The Morgan fingerprint density at radius 1 is 1.50 bits per heavy atom. The topological polar surface area (TPSA) is 30.5 Å². The number of halogens is 1. The molecule has 1 atom stereocenters. The van der Waals surface area contributed by atoms with Crippen LogP contribution in [-0.4, -0.2) is 31.9 Å². The molecule has 1 N–H and O–H groups in total. The van der Waals surface area contributed by atoms with Gasteiger partial charge in [0.25, 0.3) is 0 Å². The lowest BCUT2D eigenvalue weighted by molar-refractivity contribution is 0.0794. The van der Waals surface area contributed by atoms with Gasteiger partial charge in [0, 0.05) is 24.0 Å². The van der Waals surface area contributed by atoms with Crippen LogP contribution in [0, 0.1) is 0 Å². The maximum absolute atomic E-state index is 5.87. The van der Waals surface area contributed by atoms with Crippen LogP contribution in [0.3, 0.4) is 0 Å². The minimum absolute atomic E-state index is 0.244. The first-order chi connectivity index (χ1) is 8.65. The summed E-state index contributed by atoms with van der Waals surface area (Å²) >= 11 is 3.48. The van der Waals surface area contributed by atoms with E-state index in [9.17, 15) is 0 Å². The molecular weight excluding hydrogens is 294 g/mol. The first kappa shape index (κ1) is 13.8. The van der Waals surface area contributed by atoms with E-state index in [2.05, 4.69) is 41.2 Å². The molecule has 0 spiro atoms. The predicted molar refractivity (Wildman–Crippen MR) is 76.2 cm³/mol. The zero-order chi connectivity index (χ0) is 13.0. The predicted octanol–water partition coefficient (Wildman–Crippen LogP) is 2.77. The van der Waals surface area contributed by atoms with Crippen LogP contribution in [0.4, 0.5) is 0 Å². The van der Waals surface area contributed by atoms with Gasteiger partial charge in [-0.2, -0.15) is 0 Å². The number of hydrogen-bond donors (Lipinski definition) is 1. The van der Waals surface area contributed by atoms with Gasteiger partial charge in [-0.25, -0.2) is 0 Å². The number of rotatable bonds is 6. The molecule has 18 heavy (non-hydrogen) atoms. The minimum Gasteiger partial charge on any atom is -0.488 e. The van der Waals surface area contributed by atoms with E-state index in [1.807, 2.05) is 12.1 Å². The molecular formula is C14H20BrNO2. The van der Waals surface area contributed by atoms with E-state index in [1.165, 1.54) is 5.56 Å². The molecule has 1 aromatic carbocycles. The SMILES string of the molecule is CC(C)OCCNCC1Cc2cc(Br)ccc2O1. The van der Waals surface area contributed by atoms with Crippen molar-refractivity contribution in [1.29, 1.82) is 0 Å². The van der Waals surface area contributed by atoms with Gasteiger partial charge in [-0.3, -0.25) is 0 Å². The molecule has 0 bridgehead atoms. The third-order valence-electron chi connectivity index (χ3n) is 2.87. The monoisotopic (exact) mass is 313 g/mol. The molecule has 0 saturated carbocycles. The van der Waals surface area contributed by atoms with Crippen molar-refractivity contribution in [3.05, 3.63) is 28.2 Å². The van der Waals surface area contributed by atoms with Gasteiger partial charge in [0.15, 0.2) is 0 Å². The highest BCUT2D eigenvalue weighted by molar-refractivity contribution is 9.10. The number of fused-ring (bicyclic) bond motifs is 1. The summed E-state index contributed by atoms with van der Waals surface area (Å²) in [5.41, 5.74) is 1.29. The largest absolute Gasteiger partial charge is 0.488 e. The van der Waals surface area contributed by atoms with E-state index in [0.717, 1.165) is 36.3 Å². The van der Waals surface area contributed by atoms with E-state index >= 15 is 0 Å². The molecule has 0 amide bonds. The summed E-state index contributed by atoms with van der Waals surface area (Å²) in [5.74, 6) is 1.02. The van der Waals surface area contributed by atoms with Crippen molar-refractivity contribution < 1.29 is 9.47 Å². The molecule has 1 aromatic rings. The Morgan fingerprint density at radius 3 is 3.11 bits per heavy atom. The number of benzene rings is 1. The molecule has 0 saturated heterocycles. The van der Waals surface area contributed by atoms with Gasteiger partial charge < -0.3 is 14.8 Å². The van der Waals surface area contributed by atoms with Crippen LogP contribution in [0.1, 0.15) is 19.4 Å². The molecule has 4 heteroatoms. The van der Waals surface area contributed by atoms with Crippen LogP contribution < -0.4 is 10.1 Å². The van der Waals surface area contributed by atoms with Gasteiger partial charge in [-0.15, -0.1) is 0 Å². The Kier molecular flexibility index (Phi) is 5.03. The fraction of sp³-hybridized carbons (Fsp3) is 0.571. The van der Waals surface area contributed by atoms with Gasteiger partial charge in [0.1, 0.15) is 11.9 Å². The van der Waals surface area contributed by atoms with Crippen molar-refractivity contribution in [2.75, 3.05) is 19.7 Å². The second kappa shape index (κ2) is 6.55. The van der Waals surface area contributed by atoms with Crippen LogP contribution in [0.25, 0.3) is 0 Å². The van der Waals surface area contributed by atoms with Crippen molar-refractivity contribution in [2.24, 2.45) is 0 Å². The van der Waals surface area contributed by atoms with E-state index in [-0.39, 0.29) is 6.10 Å². The van der Waals surface area contributed by atoms with Gasteiger partial charge in [0.05, 0.1) is 12.7 Å². The highest BCUT2D eigenvalue weighted by Gasteiger charge is 2.22. The number of hydrogen-bond acceptors (Lipinski definition) is 3. The van der Waals surface area contributed by atoms with Gasteiger partial charge in [-0.1, -0.05) is 15.9 Å². The Balaban J connectivity index is 1.68. The molecule has 0 radical (unpaired) electrons. The fourth-order valence-corrected chi connectivity index (χ4v) is 2.44. The molecule has 100 valence electrons. The zero-order valence-electron chi connectivity index (χ0n) is 10.9. The molecule has 3 nitrogen and oxygen atoms in total. The highest BCUT2D eigenvalue weighted by Crippen LogP contribution is 2.30. The lowest BCUT2D eigenvalue weighted by Gasteiger charge is -2.12. The Bertz CT molecular complexity index is 395. The zero-order valence-corrected chi connectivity index (χ0v) is 12.5. The second-order valence-electron chi connectivity index (χ2n) is 4.82. The lowest BCUT2D eigenvalue weighted by atomic mass is 10.1. The smallest absolute Gasteiger partial charge is 0.123 e. The minimum atomic E-state index is 0.244. The van der Waals surface area contributed by atoms with Gasteiger partial charge in [0.2, 0.25) is 0 Å². The number of ether oxygens (including phenoxy) is 2. The van der Waals surface area contributed by atoms with Crippen LogP contribution in [0.15, 0.2) is 22.7 Å². The summed E-state index contributed by atoms with van der Waals surface area (Å²) in [4.78, 5) is 0. The van der Waals surface area contributed by atoms with E-state index < -0.39 is 0 Å². The second-order valence-corrected chi connectivity index (χ2v) is 5.74. The van der Waals surface area contributed by atoms with Crippen molar-refractivity contribution in [2.45, 2.75) is 32.5 Å². The van der Waals surface area contributed by atoms with Crippen molar-refractivity contribution in [3.63, 3.8) is 0 Å². The molecule has 1 unspecified atom stereocenters. The summed E-state index contributed by atoms with van der Waals surface area (Å²) in [7, 11) is 0. The van der Waals surface area contributed by atoms with Gasteiger partial charge >= 0.3 is 0 Å². The standard InChI is InChI=1S/C14H20BrNO2/c1-10(2)17-6-5-16-9-13-8-11-7-12(15)3-4-14(11)18-13/h3-4,7,10,13,16H,5-6,8-9H2,1-2H3. The normalized spacial score (nSPS) is 17.9. The third kappa shape index (κ3) is 3.97. The summed E-state index contributed by atoms with van der Waals surface area (Å²) in [5, 5.41) is 3.37. The third-order valence-corrected chi connectivity index (χ3v) is 3.36. The molecule has 1 aliphatic rings. The first-order valence-electron chi connectivity index (χ1n) is 6.42. The highest BCUT2D eigenvalue weighted by atomic mass is 79.9. The van der Waals surface area contributed by atoms with E-state index in [0.29, 0.717) is 6.10 Å². The maximum atomic E-state index is 5.87. The molecule has 1 aliphatic heterocycles. The summed E-state index contributed by atoms with van der Waals surface area (Å²) in [6, 6.07) is 6.18. The van der Waals surface area contributed by atoms with Crippen LogP contribution in [0.5, 0.6) is 5.75 Å². The van der Waals surface area contributed by atoms with Crippen molar-refractivity contribution >= 4 is 15.9 Å². The summed E-state index contributed by atoms with van der Waals surface area (Å²) in [6.45, 7) is 6.60. The Morgan fingerprint density at radius 2 is 2.33 bits per heavy atom. The van der Waals surface area contributed by atoms with E-state index in [4.69, 9.17) is 9.47 Å². The molecule has 0 aliphatic carbocycles. The molecule has 0 aromatic heterocycles. The average Bonchev–Trinajstić information content (AvgIpc) is 2.70. The lowest BCUT2D eigenvalue weighted by Crippen LogP contribution is -2.32. The Hall–Kier alpha value is -0.580. The first-order valence-corrected chi connectivity index (χ1v) is 7.22. The fourth-order valence-electron chi connectivity index (χ4n) is 2.03. The van der Waals surface area contributed by atoms with Gasteiger partial charge in [-0.05, 0) is 37.6 Å². The summed E-state index contributed by atoms with van der Waals surface area (Å²) in [6.07, 6.45) is 1.52. The quantitative estimate of drug-likeness (QED) is 0.819. The molecule has 2 rings (SSSR count). The van der Waals surface area contributed by atoms with Crippen LogP contribution in [0.2, 0.25) is 0 Å². The van der Waals surface area contributed by atoms with Crippen molar-refractivity contribution in [3.8, 4) is 5.75 Å². The molecule has 0 fully saturated rings. The summed E-state index contributed by atoms with van der Waals surface area (Å²) < 4.78 is 12.5. The maximum Gasteiger partial charge on any atom is 0.123 e. The van der Waals surface area contributed by atoms with Crippen LogP contribution >= 0.6 is 15.9 Å². The van der Waals surface area contributed by atoms with Crippen molar-refractivity contribution in [1.82, 2.24) is 5.32 Å². The molecule has 1 heterocycles. The Labute approximate surface area is 117 Å². The number of nitrogens with one attached hydrogen (secondary N) is 1. The van der Waals surface area contributed by atoms with Crippen LogP contribution in [-0.2, 0) is 11.2 Å². The van der Waals surface area contributed by atoms with E-state index in [1.54, 1.807) is 0 Å². The average molecular weight is 314 g/mol.